The van der Waals surface area contributed by atoms with Crippen molar-refractivity contribution in [2.75, 3.05) is 12.3 Å². The van der Waals surface area contributed by atoms with Gasteiger partial charge in [-0.25, -0.2) is 0 Å². The van der Waals surface area contributed by atoms with Crippen molar-refractivity contribution in [3.8, 4) is 11.5 Å². The molecule has 0 unspecified atom stereocenters. The van der Waals surface area contributed by atoms with E-state index in [1.165, 1.54) is 0 Å². The van der Waals surface area contributed by atoms with E-state index in [1.807, 2.05) is 49.4 Å². The summed E-state index contributed by atoms with van der Waals surface area (Å²) in [5, 5.41) is 0. The molecule has 0 radical (unpaired) electrons. The second-order valence-corrected chi connectivity index (χ2v) is 4.90. The maximum absolute atomic E-state index is 5.75. The van der Waals surface area contributed by atoms with Gasteiger partial charge in [-0.15, -0.1) is 0 Å². The molecule has 2 aromatic carbocycles. The zero-order valence-electron chi connectivity index (χ0n) is 10.7. The van der Waals surface area contributed by atoms with Crippen molar-refractivity contribution in [2.45, 2.75) is 13.5 Å². The molecule has 3 nitrogen and oxygen atoms in total. The molecule has 2 aromatic rings. The largest absolute Gasteiger partial charge is 0.494 e. The molecule has 4 heteroatoms. The van der Waals surface area contributed by atoms with Gasteiger partial charge in [0, 0.05) is 21.8 Å². The van der Waals surface area contributed by atoms with Gasteiger partial charge >= 0.3 is 0 Å². The van der Waals surface area contributed by atoms with Crippen LogP contribution in [0.2, 0.25) is 0 Å². The molecule has 0 saturated heterocycles. The molecule has 0 heterocycles. The second-order valence-electron chi connectivity index (χ2n) is 4.05. The summed E-state index contributed by atoms with van der Waals surface area (Å²) in [5.74, 6) is 1.60. The third kappa shape index (κ3) is 3.89. The number of hydrogen-bond acceptors (Lipinski definition) is 3. The van der Waals surface area contributed by atoms with E-state index in [1.54, 1.807) is 0 Å². The molecule has 19 heavy (non-hydrogen) atoms. The van der Waals surface area contributed by atoms with Gasteiger partial charge in [0.1, 0.15) is 18.1 Å². The normalized spacial score (nSPS) is 10.2. The van der Waals surface area contributed by atoms with Crippen molar-refractivity contribution in [1.82, 2.24) is 0 Å². The number of nitrogen functional groups attached to an aromatic ring is 1. The lowest BCUT2D eigenvalue weighted by Gasteiger charge is -2.10. The van der Waals surface area contributed by atoms with Crippen LogP contribution in [-0.2, 0) is 6.61 Å². The van der Waals surface area contributed by atoms with Crippen LogP contribution in [0.3, 0.4) is 0 Å². The van der Waals surface area contributed by atoms with E-state index in [0.29, 0.717) is 13.2 Å². The molecule has 0 aliphatic carbocycles. The van der Waals surface area contributed by atoms with Gasteiger partial charge < -0.3 is 15.2 Å². The number of halogens is 1. The van der Waals surface area contributed by atoms with Crippen LogP contribution in [0, 0.1) is 0 Å². The Kier molecular flexibility index (Phi) is 4.68. The summed E-state index contributed by atoms with van der Waals surface area (Å²) in [6.07, 6.45) is 0. The molecular weight excluding hydrogens is 306 g/mol. The molecule has 0 atom stereocenters. The minimum atomic E-state index is 0.483. The van der Waals surface area contributed by atoms with Crippen LogP contribution >= 0.6 is 15.9 Å². The van der Waals surface area contributed by atoms with E-state index in [4.69, 9.17) is 15.2 Å². The summed E-state index contributed by atoms with van der Waals surface area (Å²) in [6.45, 7) is 3.09. The molecule has 0 bridgehead atoms. The molecule has 100 valence electrons. The van der Waals surface area contributed by atoms with Gasteiger partial charge in [0.25, 0.3) is 0 Å². The van der Waals surface area contributed by atoms with E-state index in [0.717, 1.165) is 27.2 Å². The molecule has 0 amide bonds. The number of anilines is 1. The highest BCUT2D eigenvalue weighted by molar-refractivity contribution is 9.10. The third-order valence-corrected chi connectivity index (χ3v) is 3.33. The van der Waals surface area contributed by atoms with E-state index in [2.05, 4.69) is 15.9 Å². The quantitative estimate of drug-likeness (QED) is 0.846. The Morgan fingerprint density at radius 1 is 1.05 bits per heavy atom. The lowest BCUT2D eigenvalue weighted by atomic mass is 10.2. The molecule has 0 aliphatic heterocycles. The van der Waals surface area contributed by atoms with Gasteiger partial charge in [-0.05, 0) is 31.2 Å². The van der Waals surface area contributed by atoms with Gasteiger partial charge in [0.05, 0.1) is 6.61 Å². The van der Waals surface area contributed by atoms with E-state index < -0.39 is 0 Å². The minimum absolute atomic E-state index is 0.483. The zero-order valence-corrected chi connectivity index (χ0v) is 12.3. The molecule has 0 saturated carbocycles. The Morgan fingerprint density at radius 3 is 2.47 bits per heavy atom. The molecule has 0 fully saturated rings. The van der Waals surface area contributed by atoms with E-state index in [9.17, 15) is 0 Å². The first kappa shape index (κ1) is 13.7. The average molecular weight is 322 g/mol. The lowest BCUT2D eigenvalue weighted by Crippen LogP contribution is -1.98. The standard InChI is InChI=1S/C15H16BrNO2/c1-2-18-13-4-3-5-14(9-13)19-10-11-6-7-12(17)8-15(11)16/h3-9H,2,10,17H2,1H3. The van der Waals surface area contributed by atoms with Gasteiger partial charge in [0.15, 0.2) is 0 Å². The molecule has 2 N–H and O–H groups in total. The predicted octanol–water partition coefficient (Wildman–Crippen LogP) is 4.01. The van der Waals surface area contributed by atoms with Crippen molar-refractivity contribution in [1.29, 1.82) is 0 Å². The highest BCUT2D eigenvalue weighted by Crippen LogP contribution is 2.24. The fourth-order valence-electron chi connectivity index (χ4n) is 1.66. The number of nitrogens with two attached hydrogens (primary N) is 1. The summed E-state index contributed by atoms with van der Waals surface area (Å²) < 4.78 is 12.1. The maximum atomic E-state index is 5.75. The first-order chi connectivity index (χ1) is 9.19. The van der Waals surface area contributed by atoms with Crippen LogP contribution in [0.25, 0.3) is 0 Å². The average Bonchev–Trinajstić information content (AvgIpc) is 2.38. The third-order valence-electron chi connectivity index (χ3n) is 2.59. The zero-order chi connectivity index (χ0) is 13.7. The van der Waals surface area contributed by atoms with Crippen LogP contribution in [0.4, 0.5) is 5.69 Å². The second kappa shape index (κ2) is 6.48. The van der Waals surface area contributed by atoms with Crippen LogP contribution < -0.4 is 15.2 Å². The van der Waals surface area contributed by atoms with Gasteiger partial charge in [0.2, 0.25) is 0 Å². The fraction of sp³-hybridized carbons (Fsp3) is 0.200. The maximum Gasteiger partial charge on any atom is 0.123 e. The van der Waals surface area contributed by atoms with Crippen molar-refractivity contribution < 1.29 is 9.47 Å². The number of hydrogen-bond donors (Lipinski definition) is 1. The fourth-order valence-corrected chi connectivity index (χ4v) is 2.17. The van der Waals surface area contributed by atoms with Crippen LogP contribution in [0.1, 0.15) is 12.5 Å². The number of ether oxygens (including phenoxy) is 2. The van der Waals surface area contributed by atoms with Crippen molar-refractivity contribution >= 4 is 21.6 Å². The topological polar surface area (TPSA) is 44.5 Å². The van der Waals surface area contributed by atoms with E-state index in [-0.39, 0.29) is 0 Å². The Morgan fingerprint density at radius 2 is 1.79 bits per heavy atom. The summed E-state index contributed by atoms with van der Waals surface area (Å²) in [6, 6.07) is 13.3. The summed E-state index contributed by atoms with van der Waals surface area (Å²) in [4.78, 5) is 0. The highest BCUT2D eigenvalue weighted by atomic mass is 79.9. The molecular formula is C15H16BrNO2. The summed E-state index contributed by atoms with van der Waals surface area (Å²) in [5.41, 5.74) is 7.48. The monoisotopic (exact) mass is 321 g/mol. The molecule has 0 aliphatic rings. The van der Waals surface area contributed by atoms with E-state index >= 15 is 0 Å². The lowest BCUT2D eigenvalue weighted by molar-refractivity contribution is 0.299. The SMILES string of the molecule is CCOc1cccc(OCc2ccc(N)cc2Br)c1. The van der Waals surface area contributed by atoms with Crippen LogP contribution in [0.5, 0.6) is 11.5 Å². The number of rotatable bonds is 5. The Balaban J connectivity index is 2.03. The van der Waals surface area contributed by atoms with Crippen molar-refractivity contribution in [3.63, 3.8) is 0 Å². The smallest absolute Gasteiger partial charge is 0.123 e. The summed E-state index contributed by atoms with van der Waals surface area (Å²) >= 11 is 3.48. The van der Waals surface area contributed by atoms with Gasteiger partial charge in [-0.1, -0.05) is 28.1 Å². The Bertz CT molecular complexity index is 558. The van der Waals surface area contributed by atoms with Crippen molar-refractivity contribution in [2.24, 2.45) is 0 Å². The van der Waals surface area contributed by atoms with Crippen LogP contribution in [-0.4, -0.2) is 6.61 Å². The molecule has 2 rings (SSSR count). The minimum Gasteiger partial charge on any atom is -0.494 e. The van der Waals surface area contributed by atoms with Gasteiger partial charge in [-0.2, -0.15) is 0 Å². The molecule has 0 spiro atoms. The predicted molar refractivity (Wildman–Crippen MR) is 80.5 cm³/mol. The first-order valence-electron chi connectivity index (χ1n) is 6.08. The highest BCUT2D eigenvalue weighted by Gasteiger charge is 2.02. The Hall–Kier alpha value is -1.68. The molecule has 0 aromatic heterocycles. The first-order valence-corrected chi connectivity index (χ1v) is 6.88. The Labute approximate surface area is 121 Å². The van der Waals surface area contributed by atoms with Gasteiger partial charge in [-0.3, -0.25) is 0 Å². The summed E-state index contributed by atoms with van der Waals surface area (Å²) in [7, 11) is 0. The van der Waals surface area contributed by atoms with Crippen molar-refractivity contribution in [3.05, 3.63) is 52.5 Å². The number of benzene rings is 2. The van der Waals surface area contributed by atoms with Crippen LogP contribution in [0.15, 0.2) is 46.9 Å².